The number of carbonyl (C=O) groups is 1. The minimum absolute atomic E-state index is 0.0311. The highest BCUT2D eigenvalue weighted by molar-refractivity contribution is 9.10. The maximum Gasteiger partial charge on any atom is 0.302 e. The fourth-order valence-corrected chi connectivity index (χ4v) is 8.05. The first-order valence-electron chi connectivity index (χ1n) is 17.3. The molecule has 5 aromatic rings. The van der Waals surface area contributed by atoms with E-state index in [0.29, 0.717) is 47.6 Å². The van der Waals surface area contributed by atoms with Crippen LogP contribution in [-0.2, 0) is 15.1 Å². The lowest BCUT2D eigenvalue weighted by Gasteiger charge is -2.40. The Kier molecular flexibility index (Phi) is 12.2. The number of carbonyl (C=O) groups excluding carboxylic acids is 1. The van der Waals surface area contributed by atoms with Crippen molar-refractivity contribution in [3.8, 4) is 34.3 Å². The van der Waals surface area contributed by atoms with Crippen molar-refractivity contribution in [2.45, 2.75) is 19.4 Å². The molecule has 6 rings (SSSR count). The first-order valence-corrected chi connectivity index (χ1v) is 18.9. The van der Waals surface area contributed by atoms with Gasteiger partial charge >= 0.3 is 5.97 Å². The second kappa shape index (κ2) is 17.4. The van der Waals surface area contributed by atoms with Gasteiger partial charge in [-0.15, -0.1) is 0 Å². The molecule has 276 valence electrons. The van der Waals surface area contributed by atoms with Gasteiger partial charge in [0, 0.05) is 45.5 Å². The van der Waals surface area contributed by atoms with E-state index >= 15 is 0 Å². The number of nitrogens with zero attached hydrogens (tertiary/aromatic N) is 4. The Labute approximate surface area is 327 Å². The molecule has 0 spiro atoms. The van der Waals surface area contributed by atoms with E-state index in [2.05, 4.69) is 30.9 Å². The van der Waals surface area contributed by atoms with Gasteiger partial charge in [-0.3, -0.25) is 4.79 Å². The molecule has 0 radical (unpaired) electrons. The first kappa shape index (κ1) is 38.0. The smallest absolute Gasteiger partial charge is 0.302 e. The van der Waals surface area contributed by atoms with Gasteiger partial charge < -0.3 is 43.6 Å². The van der Waals surface area contributed by atoms with Gasteiger partial charge in [0.05, 0.1) is 37.4 Å². The number of benzene rings is 4. The highest BCUT2D eigenvalue weighted by Gasteiger charge is 2.50. The number of methoxy groups -OCH3 is 1. The Balaban J connectivity index is 1.60. The number of aromatic nitrogens is 1. The van der Waals surface area contributed by atoms with Gasteiger partial charge in [0.2, 0.25) is 18.7 Å². The summed E-state index contributed by atoms with van der Waals surface area (Å²) in [5.41, 5.74) is 3.31. The molecule has 11 nitrogen and oxygen atoms in total. The van der Waals surface area contributed by atoms with E-state index in [1.54, 1.807) is 7.11 Å². The van der Waals surface area contributed by atoms with Crippen LogP contribution in [0, 0.1) is 13.1 Å². The maximum absolute atomic E-state index is 11.7. The van der Waals surface area contributed by atoms with Crippen molar-refractivity contribution in [3.05, 3.63) is 128 Å². The number of esters is 1. The lowest BCUT2D eigenvalue weighted by molar-refractivity contribution is -0.141. The third-order valence-electron chi connectivity index (χ3n) is 8.64. The fourth-order valence-electron chi connectivity index (χ4n) is 6.26. The number of halogens is 1. The van der Waals surface area contributed by atoms with E-state index in [0.717, 1.165) is 43.3 Å². The fraction of sp³-hybridized carbons (Fsp3) is 0.268. The van der Waals surface area contributed by atoms with Crippen LogP contribution in [0.3, 0.4) is 0 Å². The van der Waals surface area contributed by atoms with Crippen LogP contribution in [0.5, 0.6) is 23.0 Å². The van der Waals surface area contributed by atoms with E-state index < -0.39 is 11.6 Å². The zero-order chi connectivity index (χ0) is 38.1. The lowest BCUT2D eigenvalue weighted by atomic mass is 9.80. The number of anilines is 3. The van der Waals surface area contributed by atoms with Crippen molar-refractivity contribution in [2.75, 3.05) is 63.3 Å². The molecule has 0 saturated heterocycles. The predicted octanol–water partition coefficient (Wildman–Crippen LogP) is 8.99. The summed E-state index contributed by atoms with van der Waals surface area (Å²) in [5, 5.41) is 4.13. The number of ether oxygens (including phenoxy) is 5. The van der Waals surface area contributed by atoms with Crippen molar-refractivity contribution >= 4 is 49.7 Å². The molecule has 54 heavy (non-hydrogen) atoms. The van der Waals surface area contributed by atoms with Crippen LogP contribution in [0.2, 0.25) is 0 Å². The molecular formula is C41H38BrN5O6S. The largest absolute Gasteiger partial charge is 0.497 e. The number of thiazole rings is 1. The molecule has 4 aromatic carbocycles. The van der Waals surface area contributed by atoms with Crippen LogP contribution < -0.4 is 29.2 Å². The minimum atomic E-state index is -1.32. The summed E-state index contributed by atoms with van der Waals surface area (Å²) in [6, 6.07) is 27.1. The SMILES string of the molecule is [C-]#[N+]CCN(CC[N+]#[C-])c1ccc(C2(c3ccc(OCC)cc3Br)Oc3ccccc3-c3nc(Nc4ccc(OC)cc4)sc32)c(OCCOC(C)=O)c1. The molecule has 0 fully saturated rings. The Morgan fingerprint density at radius 1 is 0.944 bits per heavy atom. The number of rotatable bonds is 16. The molecule has 0 aliphatic carbocycles. The number of nitrogens with one attached hydrogen (secondary N) is 1. The number of hydrogen-bond donors (Lipinski definition) is 1. The monoisotopic (exact) mass is 807 g/mol. The van der Waals surface area contributed by atoms with Gasteiger partial charge in [-0.05, 0) is 73.7 Å². The second-order valence-electron chi connectivity index (χ2n) is 12.0. The Morgan fingerprint density at radius 2 is 1.67 bits per heavy atom. The molecule has 0 amide bonds. The van der Waals surface area contributed by atoms with Crippen molar-refractivity contribution in [2.24, 2.45) is 0 Å². The first-order chi connectivity index (χ1) is 26.3. The Hall–Kier alpha value is -5.76. The molecule has 1 unspecified atom stereocenters. The highest BCUT2D eigenvalue weighted by Crippen LogP contribution is 2.57. The van der Waals surface area contributed by atoms with Crippen LogP contribution in [0.15, 0.2) is 89.4 Å². The van der Waals surface area contributed by atoms with Crippen LogP contribution in [-0.4, -0.2) is 64.1 Å². The molecule has 1 aliphatic rings. The van der Waals surface area contributed by atoms with Gasteiger partial charge in [-0.1, -0.05) is 39.4 Å². The van der Waals surface area contributed by atoms with E-state index in [1.807, 2.05) is 96.8 Å². The van der Waals surface area contributed by atoms with Gasteiger partial charge in [0.15, 0.2) is 5.13 Å². The molecule has 1 N–H and O–H groups in total. The molecule has 2 heterocycles. The van der Waals surface area contributed by atoms with E-state index in [-0.39, 0.29) is 26.3 Å². The van der Waals surface area contributed by atoms with Crippen molar-refractivity contribution in [1.29, 1.82) is 0 Å². The summed E-state index contributed by atoms with van der Waals surface area (Å²) in [6.45, 7) is 20.1. The van der Waals surface area contributed by atoms with Gasteiger partial charge in [0.1, 0.15) is 36.2 Å². The van der Waals surface area contributed by atoms with Crippen molar-refractivity contribution in [1.82, 2.24) is 4.98 Å². The van der Waals surface area contributed by atoms with E-state index in [1.165, 1.54) is 18.3 Å². The molecule has 1 aromatic heterocycles. The number of para-hydroxylation sites is 1. The summed E-state index contributed by atoms with van der Waals surface area (Å²) in [4.78, 5) is 26.8. The minimum Gasteiger partial charge on any atom is -0.497 e. The number of fused-ring (bicyclic) bond motifs is 3. The Bertz CT molecular complexity index is 2180. The molecular weight excluding hydrogens is 770 g/mol. The average Bonchev–Trinajstić information content (AvgIpc) is 3.61. The second-order valence-corrected chi connectivity index (χ2v) is 13.9. The van der Waals surface area contributed by atoms with E-state index in [9.17, 15) is 4.79 Å². The standard InChI is InChI=1S/C41H38BrN5O6S/c1-6-50-31-16-18-33(35(42)26-31)41(34-17-13-29(47(21-19-43-3)22-20-44-4)25-37(34)52-24-23-51-27(2)48)39-38(32-9-7-8-10-36(32)53-41)46-40(54-39)45-28-11-14-30(49-5)15-12-28/h7-18,25-26H,6,19-24H2,1-2,5H3,(H,45,46). The molecule has 1 aliphatic heterocycles. The molecule has 0 bridgehead atoms. The molecule has 13 heteroatoms. The summed E-state index contributed by atoms with van der Waals surface area (Å²) >= 11 is 5.35. The predicted molar refractivity (Wildman–Crippen MR) is 213 cm³/mol. The summed E-state index contributed by atoms with van der Waals surface area (Å²) in [6.07, 6.45) is 0. The Morgan fingerprint density at radius 3 is 2.35 bits per heavy atom. The summed E-state index contributed by atoms with van der Waals surface area (Å²) in [7, 11) is 1.63. The zero-order valence-corrected chi connectivity index (χ0v) is 32.5. The average molecular weight is 809 g/mol. The van der Waals surface area contributed by atoms with Crippen LogP contribution >= 0.6 is 27.3 Å². The van der Waals surface area contributed by atoms with Crippen LogP contribution in [0.25, 0.3) is 20.9 Å². The summed E-state index contributed by atoms with van der Waals surface area (Å²) < 4.78 is 31.1. The van der Waals surface area contributed by atoms with Crippen LogP contribution in [0.4, 0.5) is 16.5 Å². The van der Waals surface area contributed by atoms with Gasteiger partial charge in [-0.2, -0.15) is 0 Å². The third-order valence-corrected chi connectivity index (χ3v) is 10.4. The zero-order valence-electron chi connectivity index (χ0n) is 30.1. The molecule has 0 saturated carbocycles. The van der Waals surface area contributed by atoms with Gasteiger partial charge in [-0.25, -0.2) is 18.1 Å². The van der Waals surface area contributed by atoms with Crippen molar-refractivity contribution < 1.29 is 28.5 Å². The molecule has 1 atom stereocenters. The van der Waals surface area contributed by atoms with Crippen molar-refractivity contribution in [3.63, 3.8) is 0 Å². The van der Waals surface area contributed by atoms with E-state index in [4.69, 9.17) is 41.8 Å². The third kappa shape index (κ3) is 8.08. The van der Waals surface area contributed by atoms with Crippen LogP contribution in [0.1, 0.15) is 29.9 Å². The summed E-state index contributed by atoms with van der Waals surface area (Å²) in [5.74, 6) is 2.11. The maximum atomic E-state index is 11.7. The quantitative estimate of drug-likeness (QED) is 0.0595. The van der Waals surface area contributed by atoms with Gasteiger partial charge in [0.25, 0.3) is 0 Å². The number of hydrogen-bond acceptors (Lipinski definition) is 10. The highest BCUT2D eigenvalue weighted by atomic mass is 79.9. The lowest BCUT2D eigenvalue weighted by Crippen LogP contribution is -2.39. The normalized spacial score (nSPS) is 14.0. The topological polar surface area (TPSA) is 100 Å².